The van der Waals surface area contributed by atoms with E-state index in [2.05, 4.69) is 9.71 Å². The van der Waals surface area contributed by atoms with Crippen molar-refractivity contribution in [2.45, 2.75) is 20.8 Å². The van der Waals surface area contributed by atoms with Gasteiger partial charge >= 0.3 is 0 Å². The van der Waals surface area contributed by atoms with Crippen molar-refractivity contribution in [3.63, 3.8) is 0 Å². The molecular formula is C20H24N4O4S. The first-order valence-electron chi connectivity index (χ1n) is 9.18. The van der Waals surface area contributed by atoms with Gasteiger partial charge in [0.25, 0.3) is 15.9 Å². The number of carbonyl (C=O) groups excluding carboxylic acids is 2. The lowest BCUT2D eigenvalue weighted by Crippen LogP contribution is -2.40. The van der Waals surface area contributed by atoms with Gasteiger partial charge < -0.3 is 15.1 Å². The Bertz CT molecular complexity index is 1050. The number of amides is 2. The van der Waals surface area contributed by atoms with E-state index in [1.54, 1.807) is 18.1 Å². The Morgan fingerprint density at radius 3 is 2.48 bits per heavy atom. The lowest BCUT2D eigenvalue weighted by molar-refractivity contribution is -0.129. The molecule has 1 aromatic rings. The Hall–Kier alpha value is -2.94. The van der Waals surface area contributed by atoms with Crippen LogP contribution < -0.4 is 5.32 Å². The summed E-state index contributed by atoms with van der Waals surface area (Å²) in [5.74, 6) is -0.433. The van der Waals surface area contributed by atoms with Crippen LogP contribution in [0.15, 0.2) is 40.5 Å². The topological polar surface area (TPSA) is 99.1 Å². The molecule has 3 rings (SSSR count). The van der Waals surface area contributed by atoms with Gasteiger partial charge in [-0.1, -0.05) is 17.7 Å². The predicted octanol–water partition coefficient (Wildman–Crippen LogP) is 1.51. The zero-order valence-electron chi connectivity index (χ0n) is 16.9. The Kier molecular flexibility index (Phi) is 5.61. The summed E-state index contributed by atoms with van der Waals surface area (Å²) in [6, 6.07) is 3.99. The van der Waals surface area contributed by atoms with Crippen LogP contribution >= 0.6 is 0 Å². The molecule has 2 amide bonds. The Morgan fingerprint density at radius 1 is 1.17 bits per heavy atom. The average Bonchev–Trinajstić information content (AvgIpc) is 2.63. The van der Waals surface area contributed by atoms with Gasteiger partial charge in [0, 0.05) is 25.5 Å². The van der Waals surface area contributed by atoms with Crippen molar-refractivity contribution in [1.29, 1.82) is 0 Å². The summed E-state index contributed by atoms with van der Waals surface area (Å²) in [5.41, 5.74) is 4.17. The molecule has 8 nitrogen and oxygen atoms in total. The largest absolute Gasteiger partial charge is 0.332 e. The van der Waals surface area contributed by atoms with Crippen molar-refractivity contribution in [2.75, 3.05) is 31.2 Å². The zero-order valence-corrected chi connectivity index (χ0v) is 17.7. The first-order chi connectivity index (χ1) is 13.6. The number of hydrogen-bond acceptors (Lipinski definition) is 5. The summed E-state index contributed by atoms with van der Waals surface area (Å²) in [6.07, 6.45) is 4.58. The Morgan fingerprint density at radius 2 is 1.83 bits per heavy atom. The number of nitrogens with one attached hydrogen (secondary N) is 1. The van der Waals surface area contributed by atoms with Crippen LogP contribution in [-0.2, 0) is 19.6 Å². The fraction of sp³-hybridized carbons (Fsp3) is 0.350. The summed E-state index contributed by atoms with van der Waals surface area (Å²) < 4.78 is 26.8. The lowest BCUT2D eigenvalue weighted by atomic mass is 10.1. The van der Waals surface area contributed by atoms with Gasteiger partial charge in [0.2, 0.25) is 5.91 Å². The number of aryl methyl sites for hydroxylation is 3. The van der Waals surface area contributed by atoms with Crippen LogP contribution in [0.25, 0.3) is 0 Å². The molecule has 0 saturated carbocycles. The molecule has 2 heterocycles. The molecule has 0 saturated heterocycles. The van der Waals surface area contributed by atoms with Gasteiger partial charge in [0.1, 0.15) is 5.84 Å². The summed E-state index contributed by atoms with van der Waals surface area (Å²) >= 11 is 0. The van der Waals surface area contributed by atoms with Crippen LogP contribution in [0, 0.1) is 20.8 Å². The number of nitrogens with zero attached hydrogens (tertiary/aromatic N) is 3. The molecule has 2 aliphatic rings. The van der Waals surface area contributed by atoms with Gasteiger partial charge in [0.15, 0.2) is 0 Å². The minimum atomic E-state index is -3.45. The highest BCUT2D eigenvalue weighted by Crippen LogP contribution is 2.22. The normalized spacial score (nSPS) is 17.2. The number of anilines is 1. The monoisotopic (exact) mass is 416 g/mol. The molecule has 9 heteroatoms. The highest BCUT2D eigenvalue weighted by atomic mass is 32.2. The maximum atomic E-state index is 12.7. The van der Waals surface area contributed by atoms with Crippen LogP contribution in [0.3, 0.4) is 0 Å². The minimum absolute atomic E-state index is 0.101. The SMILES string of the molecule is Cc1cc(C)c(NC(=O)CN(C)C(=O)C2=CN3CCS(=O)(=O)N=C3C=C2)c(C)c1. The van der Waals surface area contributed by atoms with Gasteiger partial charge in [-0.15, -0.1) is 4.40 Å². The second-order valence-electron chi connectivity index (χ2n) is 7.33. The fourth-order valence-electron chi connectivity index (χ4n) is 3.39. The molecule has 1 N–H and O–H groups in total. The number of benzene rings is 1. The molecule has 0 fully saturated rings. The lowest BCUT2D eigenvalue weighted by Gasteiger charge is -2.28. The molecule has 0 radical (unpaired) electrons. The van der Waals surface area contributed by atoms with Gasteiger partial charge in [0.05, 0.1) is 17.9 Å². The molecule has 154 valence electrons. The highest BCUT2D eigenvalue weighted by molar-refractivity contribution is 7.90. The van der Waals surface area contributed by atoms with E-state index < -0.39 is 10.0 Å². The van der Waals surface area contributed by atoms with Crippen molar-refractivity contribution >= 4 is 33.4 Å². The van der Waals surface area contributed by atoms with Crippen molar-refractivity contribution in [1.82, 2.24) is 9.80 Å². The van der Waals surface area contributed by atoms with E-state index in [4.69, 9.17) is 0 Å². The molecule has 2 aliphatic heterocycles. The summed E-state index contributed by atoms with van der Waals surface area (Å²) in [7, 11) is -1.89. The van der Waals surface area contributed by atoms with Gasteiger partial charge in [-0.05, 0) is 44.1 Å². The number of sulfonamides is 1. The standard InChI is InChI=1S/C20H24N4O4S/c1-13-9-14(2)19(15(3)10-13)21-18(25)12-23(4)20(26)16-5-6-17-22-29(27,28)8-7-24(17)11-16/h5-6,9-11H,7-8,12H2,1-4H3,(H,21,25). The molecule has 0 aromatic heterocycles. The average molecular weight is 417 g/mol. The number of rotatable bonds is 4. The number of fused-ring (bicyclic) bond motifs is 1. The van der Waals surface area contributed by atoms with E-state index in [-0.39, 0.29) is 30.7 Å². The fourth-order valence-corrected chi connectivity index (χ4v) is 4.36. The summed E-state index contributed by atoms with van der Waals surface area (Å²) in [5, 5.41) is 2.88. The summed E-state index contributed by atoms with van der Waals surface area (Å²) in [4.78, 5) is 28.1. The van der Waals surface area contributed by atoms with Crippen molar-refractivity contribution in [2.24, 2.45) is 4.40 Å². The molecule has 0 aliphatic carbocycles. The first-order valence-corrected chi connectivity index (χ1v) is 10.8. The second kappa shape index (κ2) is 7.82. The van der Waals surface area contributed by atoms with E-state index in [1.165, 1.54) is 17.1 Å². The minimum Gasteiger partial charge on any atom is -0.332 e. The molecular weight excluding hydrogens is 392 g/mol. The Balaban J connectivity index is 1.66. The maximum Gasteiger partial charge on any atom is 0.256 e. The first kappa shape index (κ1) is 20.8. The third kappa shape index (κ3) is 4.73. The van der Waals surface area contributed by atoms with E-state index in [1.807, 2.05) is 32.9 Å². The van der Waals surface area contributed by atoms with Crippen LogP contribution in [0.5, 0.6) is 0 Å². The molecule has 0 unspecified atom stereocenters. The number of amidine groups is 1. The zero-order chi connectivity index (χ0) is 21.3. The van der Waals surface area contributed by atoms with Gasteiger partial charge in [-0.25, -0.2) is 8.42 Å². The van der Waals surface area contributed by atoms with E-state index >= 15 is 0 Å². The number of likely N-dealkylation sites (N-methyl/N-ethyl adjacent to an activating group) is 1. The molecule has 0 bridgehead atoms. The van der Waals surface area contributed by atoms with Crippen LogP contribution in [0.1, 0.15) is 16.7 Å². The Labute approximate surface area is 170 Å². The van der Waals surface area contributed by atoms with Crippen LogP contribution in [0.4, 0.5) is 5.69 Å². The highest BCUT2D eigenvalue weighted by Gasteiger charge is 2.26. The third-order valence-electron chi connectivity index (χ3n) is 4.74. The predicted molar refractivity (Wildman–Crippen MR) is 112 cm³/mol. The van der Waals surface area contributed by atoms with E-state index in [0.29, 0.717) is 11.4 Å². The van der Waals surface area contributed by atoms with Crippen molar-refractivity contribution in [3.05, 3.63) is 52.7 Å². The van der Waals surface area contributed by atoms with Crippen molar-refractivity contribution in [3.8, 4) is 0 Å². The van der Waals surface area contributed by atoms with E-state index in [9.17, 15) is 18.0 Å². The van der Waals surface area contributed by atoms with E-state index in [0.717, 1.165) is 22.4 Å². The smallest absolute Gasteiger partial charge is 0.256 e. The molecule has 0 spiro atoms. The second-order valence-corrected chi connectivity index (χ2v) is 9.08. The molecule has 0 atom stereocenters. The number of carbonyl (C=O) groups is 2. The quantitative estimate of drug-likeness (QED) is 0.802. The third-order valence-corrected chi connectivity index (χ3v) is 5.90. The van der Waals surface area contributed by atoms with Crippen LogP contribution in [-0.4, -0.2) is 61.8 Å². The van der Waals surface area contributed by atoms with Gasteiger partial charge in [-0.3, -0.25) is 9.59 Å². The molecule has 1 aromatic carbocycles. The number of hydrogen-bond donors (Lipinski definition) is 1. The van der Waals surface area contributed by atoms with Crippen LogP contribution in [0.2, 0.25) is 0 Å². The van der Waals surface area contributed by atoms with Gasteiger partial charge in [-0.2, -0.15) is 0 Å². The summed E-state index contributed by atoms with van der Waals surface area (Å²) in [6.45, 7) is 5.99. The molecule has 29 heavy (non-hydrogen) atoms. The van der Waals surface area contributed by atoms with Crippen molar-refractivity contribution < 1.29 is 18.0 Å². The maximum absolute atomic E-state index is 12.7.